The van der Waals surface area contributed by atoms with Crippen molar-refractivity contribution in [2.75, 3.05) is 6.54 Å². The highest BCUT2D eigenvalue weighted by Gasteiger charge is 2.09. The Bertz CT molecular complexity index is 302. The molecule has 0 saturated heterocycles. The van der Waals surface area contributed by atoms with E-state index in [-0.39, 0.29) is 6.54 Å². The molecule has 0 fully saturated rings. The van der Waals surface area contributed by atoms with E-state index < -0.39 is 5.44 Å². The van der Waals surface area contributed by atoms with Crippen molar-refractivity contribution >= 4 is 11.8 Å². The van der Waals surface area contributed by atoms with Crippen molar-refractivity contribution in [1.29, 1.82) is 0 Å². The number of aliphatic hydroxyl groups excluding tert-OH is 1. The van der Waals surface area contributed by atoms with Gasteiger partial charge < -0.3 is 10.8 Å². The minimum atomic E-state index is -0.505. The van der Waals surface area contributed by atoms with Crippen LogP contribution in [0, 0.1) is 20.8 Å². The van der Waals surface area contributed by atoms with Gasteiger partial charge in [0.1, 0.15) is 5.44 Å². The lowest BCUT2D eigenvalue weighted by Gasteiger charge is -2.13. The zero-order valence-electron chi connectivity index (χ0n) is 8.87. The number of nitrogens with two attached hydrogens (primary N) is 1. The SMILES string of the molecule is Cc1cc(C)c(SC(O)CN)c(C)c1. The number of aliphatic hydroxyl groups is 1. The standard InChI is InChI=1S/C11H17NOS/c1-7-4-8(2)11(9(3)5-7)14-10(13)6-12/h4-5,10,13H,6,12H2,1-3H3. The number of rotatable bonds is 3. The molecule has 0 aliphatic rings. The monoisotopic (exact) mass is 211 g/mol. The van der Waals surface area contributed by atoms with Crippen molar-refractivity contribution in [1.82, 2.24) is 0 Å². The van der Waals surface area contributed by atoms with E-state index in [1.165, 1.54) is 28.5 Å². The van der Waals surface area contributed by atoms with E-state index in [0.717, 1.165) is 4.90 Å². The van der Waals surface area contributed by atoms with Crippen LogP contribution in [-0.2, 0) is 0 Å². The van der Waals surface area contributed by atoms with E-state index in [0.29, 0.717) is 0 Å². The lowest BCUT2D eigenvalue weighted by molar-refractivity contribution is 0.271. The molecule has 0 saturated carbocycles. The Morgan fingerprint density at radius 1 is 1.29 bits per heavy atom. The van der Waals surface area contributed by atoms with Gasteiger partial charge in [-0.05, 0) is 31.9 Å². The number of benzene rings is 1. The Kier molecular flexibility index (Phi) is 3.98. The van der Waals surface area contributed by atoms with E-state index in [4.69, 9.17) is 5.73 Å². The fourth-order valence-corrected chi connectivity index (χ4v) is 2.39. The van der Waals surface area contributed by atoms with Gasteiger partial charge in [-0.15, -0.1) is 0 Å². The Balaban J connectivity index is 2.96. The van der Waals surface area contributed by atoms with Gasteiger partial charge in [-0.25, -0.2) is 0 Å². The molecule has 0 aliphatic heterocycles. The highest BCUT2D eigenvalue weighted by Crippen LogP contribution is 2.29. The Labute approximate surface area is 89.5 Å². The lowest BCUT2D eigenvalue weighted by atomic mass is 10.1. The minimum Gasteiger partial charge on any atom is -0.381 e. The Morgan fingerprint density at radius 3 is 2.21 bits per heavy atom. The molecule has 2 nitrogen and oxygen atoms in total. The predicted octanol–water partition coefficient (Wildman–Crippen LogP) is 1.98. The summed E-state index contributed by atoms with van der Waals surface area (Å²) in [7, 11) is 0. The summed E-state index contributed by atoms with van der Waals surface area (Å²) in [6.45, 7) is 6.49. The zero-order valence-corrected chi connectivity index (χ0v) is 9.69. The van der Waals surface area contributed by atoms with E-state index in [1.54, 1.807) is 0 Å². The van der Waals surface area contributed by atoms with Gasteiger partial charge in [-0.1, -0.05) is 29.5 Å². The second kappa shape index (κ2) is 4.82. The maximum Gasteiger partial charge on any atom is 0.116 e. The van der Waals surface area contributed by atoms with Crippen LogP contribution in [0.15, 0.2) is 17.0 Å². The van der Waals surface area contributed by atoms with Crippen molar-refractivity contribution in [2.24, 2.45) is 5.73 Å². The molecule has 0 aromatic heterocycles. The molecule has 78 valence electrons. The normalized spacial score (nSPS) is 12.9. The molecule has 14 heavy (non-hydrogen) atoms. The Hall–Kier alpha value is -0.510. The van der Waals surface area contributed by atoms with Crippen LogP contribution in [0.25, 0.3) is 0 Å². The molecule has 0 amide bonds. The molecular formula is C11H17NOS. The predicted molar refractivity (Wildman–Crippen MR) is 61.6 cm³/mol. The molecule has 3 N–H and O–H groups in total. The van der Waals surface area contributed by atoms with Crippen LogP contribution in [-0.4, -0.2) is 17.1 Å². The zero-order chi connectivity index (χ0) is 10.7. The third-order valence-electron chi connectivity index (χ3n) is 2.06. The summed E-state index contributed by atoms with van der Waals surface area (Å²) >= 11 is 1.44. The van der Waals surface area contributed by atoms with E-state index in [9.17, 15) is 5.11 Å². The van der Waals surface area contributed by atoms with Crippen LogP contribution >= 0.6 is 11.8 Å². The number of aryl methyl sites for hydroxylation is 3. The van der Waals surface area contributed by atoms with Gasteiger partial charge in [-0.3, -0.25) is 0 Å². The van der Waals surface area contributed by atoms with Crippen LogP contribution in [0.5, 0.6) is 0 Å². The largest absolute Gasteiger partial charge is 0.381 e. The highest BCUT2D eigenvalue weighted by atomic mass is 32.2. The fourth-order valence-electron chi connectivity index (χ4n) is 1.54. The van der Waals surface area contributed by atoms with Gasteiger partial charge in [0.05, 0.1) is 0 Å². The average Bonchev–Trinajstić information content (AvgIpc) is 2.10. The third-order valence-corrected chi connectivity index (χ3v) is 3.40. The molecule has 1 rings (SSSR count). The molecule has 3 heteroatoms. The molecule has 0 bridgehead atoms. The van der Waals surface area contributed by atoms with Gasteiger partial charge in [0, 0.05) is 11.4 Å². The minimum absolute atomic E-state index is 0.289. The quantitative estimate of drug-likeness (QED) is 0.593. The van der Waals surface area contributed by atoms with E-state index in [1.807, 2.05) is 0 Å². The van der Waals surface area contributed by atoms with Crippen molar-refractivity contribution in [2.45, 2.75) is 31.1 Å². The van der Waals surface area contributed by atoms with Gasteiger partial charge in [-0.2, -0.15) is 0 Å². The first-order valence-corrected chi connectivity index (χ1v) is 5.55. The van der Waals surface area contributed by atoms with Gasteiger partial charge in [0.15, 0.2) is 0 Å². The van der Waals surface area contributed by atoms with Crippen LogP contribution in [0.3, 0.4) is 0 Å². The number of hydrogen-bond acceptors (Lipinski definition) is 3. The molecule has 0 spiro atoms. The molecule has 1 aromatic rings. The van der Waals surface area contributed by atoms with Crippen molar-refractivity contribution < 1.29 is 5.11 Å². The maximum atomic E-state index is 9.47. The second-order valence-electron chi connectivity index (χ2n) is 3.54. The maximum absolute atomic E-state index is 9.47. The van der Waals surface area contributed by atoms with Crippen LogP contribution in [0.4, 0.5) is 0 Å². The molecule has 0 radical (unpaired) electrons. The van der Waals surface area contributed by atoms with Crippen molar-refractivity contribution in [3.05, 3.63) is 28.8 Å². The van der Waals surface area contributed by atoms with E-state index >= 15 is 0 Å². The van der Waals surface area contributed by atoms with Gasteiger partial charge >= 0.3 is 0 Å². The molecular weight excluding hydrogens is 194 g/mol. The first kappa shape index (κ1) is 11.6. The summed E-state index contributed by atoms with van der Waals surface area (Å²) < 4.78 is 0. The van der Waals surface area contributed by atoms with Gasteiger partial charge in [0.25, 0.3) is 0 Å². The summed E-state index contributed by atoms with van der Waals surface area (Å²) in [5.41, 5.74) is 8.55. The summed E-state index contributed by atoms with van der Waals surface area (Å²) in [5.74, 6) is 0. The highest BCUT2D eigenvalue weighted by molar-refractivity contribution is 7.99. The van der Waals surface area contributed by atoms with Crippen LogP contribution < -0.4 is 5.73 Å². The summed E-state index contributed by atoms with van der Waals surface area (Å²) in [4.78, 5) is 1.15. The van der Waals surface area contributed by atoms with Crippen LogP contribution in [0.1, 0.15) is 16.7 Å². The molecule has 1 atom stereocenters. The first-order chi connectivity index (χ1) is 6.54. The smallest absolute Gasteiger partial charge is 0.116 e. The van der Waals surface area contributed by atoms with Gasteiger partial charge in [0.2, 0.25) is 0 Å². The molecule has 1 unspecified atom stereocenters. The number of hydrogen-bond donors (Lipinski definition) is 2. The second-order valence-corrected chi connectivity index (χ2v) is 4.72. The van der Waals surface area contributed by atoms with Crippen molar-refractivity contribution in [3.8, 4) is 0 Å². The topological polar surface area (TPSA) is 46.2 Å². The number of thioether (sulfide) groups is 1. The average molecular weight is 211 g/mol. The first-order valence-electron chi connectivity index (χ1n) is 4.67. The van der Waals surface area contributed by atoms with E-state index in [2.05, 4.69) is 32.9 Å². The molecule has 0 heterocycles. The molecule has 0 aliphatic carbocycles. The summed E-state index contributed by atoms with van der Waals surface area (Å²) in [5, 5.41) is 9.47. The summed E-state index contributed by atoms with van der Waals surface area (Å²) in [6.07, 6.45) is 0. The van der Waals surface area contributed by atoms with Crippen molar-refractivity contribution in [3.63, 3.8) is 0 Å². The third kappa shape index (κ3) is 2.74. The Morgan fingerprint density at radius 2 is 1.79 bits per heavy atom. The molecule has 1 aromatic carbocycles. The lowest BCUT2D eigenvalue weighted by Crippen LogP contribution is -2.15. The fraction of sp³-hybridized carbons (Fsp3) is 0.455. The summed E-state index contributed by atoms with van der Waals surface area (Å²) in [6, 6.07) is 4.25. The van der Waals surface area contributed by atoms with Crippen LogP contribution in [0.2, 0.25) is 0 Å².